The standard InChI is InChI=1S/C30H31N5O3/c1-33(2)29(36)25-10-8-22(9-11-25)20-38-27-14-12-24(13-15-27)28-19-35(21-32-28)30(37)31-16-23-17-34(18-23)26-6-4-3-5-7-26/h3-15,19,21,23H,16-18,20H2,1-2H3,(H,31,37). The van der Waals surface area contributed by atoms with Gasteiger partial charge in [0, 0.05) is 62.7 Å². The molecule has 1 saturated heterocycles. The third-order valence-electron chi connectivity index (χ3n) is 6.60. The molecule has 0 saturated carbocycles. The van der Waals surface area contributed by atoms with Crippen molar-refractivity contribution >= 4 is 17.6 Å². The molecule has 0 unspecified atom stereocenters. The van der Waals surface area contributed by atoms with Crippen LogP contribution in [-0.2, 0) is 6.61 Å². The van der Waals surface area contributed by atoms with Crippen molar-refractivity contribution in [2.75, 3.05) is 38.6 Å². The second-order valence-corrected chi connectivity index (χ2v) is 9.67. The summed E-state index contributed by atoms with van der Waals surface area (Å²) in [6.45, 7) is 2.91. The van der Waals surface area contributed by atoms with Gasteiger partial charge in [0.25, 0.3) is 5.91 Å². The molecule has 194 valence electrons. The number of aromatic nitrogens is 2. The monoisotopic (exact) mass is 509 g/mol. The predicted molar refractivity (Wildman–Crippen MR) is 147 cm³/mol. The van der Waals surface area contributed by atoms with Gasteiger partial charge in [-0.05, 0) is 54.1 Å². The lowest BCUT2D eigenvalue weighted by atomic mass is 9.99. The van der Waals surface area contributed by atoms with Crippen molar-refractivity contribution in [3.8, 4) is 17.0 Å². The zero-order valence-corrected chi connectivity index (χ0v) is 21.6. The molecule has 2 amide bonds. The van der Waals surface area contributed by atoms with Crippen LogP contribution in [-0.4, -0.2) is 60.1 Å². The summed E-state index contributed by atoms with van der Waals surface area (Å²) in [4.78, 5) is 32.9. The third-order valence-corrected chi connectivity index (χ3v) is 6.60. The summed E-state index contributed by atoms with van der Waals surface area (Å²) in [6, 6.07) is 25.1. The molecule has 0 radical (unpaired) electrons. The maximum absolute atomic E-state index is 12.6. The largest absolute Gasteiger partial charge is 0.489 e. The molecule has 3 aromatic carbocycles. The minimum atomic E-state index is -0.180. The minimum Gasteiger partial charge on any atom is -0.489 e. The highest BCUT2D eigenvalue weighted by molar-refractivity contribution is 5.93. The fourth-order valence-electron chi connectivity index (χ4n) is 4.34. The molecule has 1 aliphatic rings. The maximum Gasteiger partial charge on any atom is 0.326 e. The van der Waals surface area contributed by atoms with E-state index in [4.69, 9.17) is 4.74 Å². The Balaban J connectivity index is 1.09. The van der Waals surface area contributed by atoms with E-state index in [-0.39, 0.29) is 11.9 Å². The second kappa shape index (κ2) is 11.2. The molecule has 0 aliphatic carbocycles. The van der Waals surface area contributed by atoms with Crippen LogP contribution in [0, 0.1) is 5.92 Å². The van der Waals surface area contributed by atoms with Gasteiger partial charge >= 0.3 is 6.03 Å². The van der Waals surface area contributed by atoms with Gasteiger partial charge in [0.1, 0.15) is 18.7 Å². The average Bonchev–Trinajstić information content (AvgIpc) is 3.42. The Morgan fingerprint density at radius 2 is 1.68 bits per heavy atom. The van der Waals surface area contributed by atoms with E-state index in [1.807, 2.05) is 66.7 Å². The molecule has 1 N–H and O–H groups in total. The number of imidazole rings is 1. The summed E-state index contributed by atoms with van der Waals surface area (Å²) >= 11 is 0. The Morgan fingerprint density at radius 1 is 0.974 bits per heavy atom. The maximum atomic E-state index is 12.6. The van der Waals surface area contributed by atoms with Crippen molar-refractivity contribution < 1.29 is 14.3 Å². The van der Waals surface area contributed by atoms with E-state index in [2.05, 4.69) is 27.3 Å². The molecule has 0 spiro atoms. The summed E-state index contributed by atoms with van der Waals surface area (Å²) in [5, 5.41) is 3.01. The van der Waals surface area contributed by atoms with Crippen molar-refractivity contribution in [1.82, 2.24) is 19.8 Å². The molecule has 1 aliphatic heterocycles. The zero-order chi connectivity index (χ0) is 26.5. The van der Waals surface area contributed by atoms with E-state index >= 15 is 0 Å². The number of nitrogens with one attached hydrogen (secondary N) is 1. The van der Waals surface area contributed by atoms with Gasteiger partial charge in [0.2, 0.25) is 0 Å². The van der Waals surface area contributed by atoms with Crippen LogP contribution >= 0.6 is 0 Å². The number of rotatable bonds is 8. The van der Waals surface area contributed by atoms with E-state index in [1.54, 1.807) is 25.2 Å². The molecular weight excluding hydrogens is 478 g/mol. The molecule has 4 aromatic rings. The fourth-order valence-corrected chi connectivity index (χ4v) is 4.34. The van der Waals surface area contributed by atoms with E-state index in [1.165, 1.54) is 16.6 Å². The summed E-state index contributed by atoms with van der Waals surface area (Å²) in [7, 11) is 3.47. The van der Waals surface area contributed by atoms with Crippen LogP contribution in [0.4, 0.5) is 10.5 Å². The van der Waals surface area contributed by atoms with Crippen LogP contribution in [0.5, 0.6) is 5.75 Å². The van der Waals surface area contributed by atoms with E-state index < -0.39 is 0 Å². The fraction of sp³-hybridized carbons (Fsp3) is 0.233. The van der Waals surface area contributed by atoms with Crippen molar-refractivity contribution in [1.29, 1.82) is 0 Å². The average molecular weight is 510 g/mol. The third kappa shape index (κ3) is 5.86. The number of benzene rings is 3. The summed E-state index contributed by atoms with van der Waals surface area (Å²) < 4.78 is 7.38. The molecular formula is C30H31N5O3. The molecule has 38 heavy (non-hydrogen) atoms. The lowest BCUT2D eigenvalue weighted by Crippen LogP contribution is -2.51. The second-order valence-electron chi connectivity index (χ2n) is 9.67. The molecule has 1 fully saturated rings. The van der Waals surface area contributed by atoms with Crippen molar-refractivity contribution in [3.63, 3.8) is 0 Å². The highest BCUT2D eigenvalue weighted by atomic mass is 16.5. The van der Waals surface area contributed by atoms with Gasteiger partial charge < -0.3 is 19.9 Å². The Labute approximate surface area is 222 Å². The van der Waals surface area contributed by atoms with Gasteiger partial charge in [-0.1, -0.05) is 30.3 Å². The summed E-state index contributed by atoms with van der Waals surface area (Å²) in [6.07, 6.45) is 3.27. The number of carbonyl (C=O) groups excluding carboxylic acids is 2. The van der Waals surface area contributed by atoms with Gasteiger partial charge in [0.15, 0.2) is 0 Å². The molecule has 8 heteroatoms. The SMILES string of the molecule is CN(C)C(=O)c1ccc(COc2ccc(-c3cn(C(=O)NCC4CN(c5ccccc5)C4)cn3)cc2)cc1. The first-order valence-corrected chi connectivity index (χ1v) is 12.6. The molecule has 0 atom stereocenters. The topological polar surface area (TPSA) is 79.7 Å². The summed E-state index contributed by atoms with van der Waals surface area (Å²) in [5.74, 6) is 1.14. The van der Waals surface area contributed by atoms with E-state index in [0.717, 1.165) is 30.0 Å². The Bertz CT molecular complexity index is 1380. The Kier molecular flexibility index (Phi) is 7.40. The smallest absolute Gasteiger partial charge is 0.326 e. The van der Waals surface area contributed by atoms with Gasteiger partial charge in [-0.15, -0.1) is 0 Å². The lowest BCUT2D eigenvalue weighted by Gasteiger charge is -2.41. The Morgan fingerprint density at radius 3 is 2.37 bits per heavy atom. The molecule has 2 heterocycles. The molecule has 8 nitrogen and oxygen atoms in total. The number of hydrogen-bond donors (Lipinski definition) is 1. The predicted octanol–water partition coefficient (Wildman–Crippen LogP) is 4.53. The Hall–Kier alpha value is -4.59. The zero-order valence-electron chi connectivity index (χ0n) is 21.6. The van der Waals surface area contributed by atoms with Gasteiger partial charge in [-0.3, -0.25) is 9.36 Å². The van der Waals surface area contributed by atoms with Crippen LogP contribution in [0.25, 0.3) is 11.3 Å². The first kappa shape index (κ1) is 25.1. The molecule has 0 bridgehead atoms. The first-order chi connectivity index (χ1) is 18.5. The number of carbonyl (C=O) groups is 2. The highest BCUT2D eigenvalue weighted by Gasteiger charge is 2.27. The van der Waals surface area contributed by atoms with Crippen LogP contribution in [0.15, 0.2) is 91.4 Å². The number of para-hydroxylation sites is 1. The summed E-state index contributed by atoms with van der Waals surface area (Å²) in [5.41, 5.74) is 4.45. The minimum absolute atomic E-state index is 0.0264. The highest BCUT2D eigenvalue weighted by Crippen LogP contribution is 2.24. The van der Waals surface area contributed by atoms with Gasteiger partial charge in [0.05, 0.1) is 5.69 Å². The van der Waals surface area contributed by atoms with Crippen molar-refractivity contribution in [2.45, 2.75) is 6.61 Å². The lowest BCUT2D eigenvalue weighted by molar-refractivity contribution is 0.0827. The quantitative estimate of drug-likeness (QED) is 0.378. The van der Waals surface area contributed by atoms with Crippen LogP contribution in [0.2, 0.25) is 0 Å². The first-order valence-electron chi connectivity index (χ1n) is 12.6. The number of ether oxygens (including phenoxy) is 1. The van der Waals surface area contributed by atoms with Gasteiger partial charge in [-0.25, -0.2) is 9.78 Å². The van der Waals surface area contributed by atoms with E-state index in [9.17, 15) is 9.59 Å². The van der Waals surface area contributed by atoms with Crippen LogP contribution in [0.3, 0.4) is 0 Å². The van der Waals surface area contributed by atoms with Crippen molar-refractivity contribution in [2.24, 2.45) is 5.92 Å². The molecule has 1 aromatic heterocycles. The normalized spacial score (nSPS) is 13.1. The number of hydrogen-bond acceptors (Lipinski definition) is 5. The number of amides is 2. The van der Waals surface area contributed by atoms with Crippen LogP contribution in [0.1, 0.15) is 15.9 Å². The van der Waals surface area contributed by atoms with Gasteiger partial charge in [-0.2, -0.15) is 0 Å². The van der Waals surface area contributed by atoms with E-state index in [0.29, 0.717) is 30.3 Å². The van der Waals surface area contributed by atoms with Crippen molar-refractivity contribution in [3.05, 3.63) is 103 Å². The molecule has 5 rings (SSSR count). The number of nitrogens with zero attached hydrogens (tertiary/aromatic N) is 4. The van der Waals surface area contributed by atoms with Crippen LogP contribution < -0.4 is 15.0 Å². The number of anilines is 1.